The zero-order valence-corrected chi connectivity index (χ0v) is 8.28. The van der Waals surface area contributed by atoms with Gasteiger partial charge in [-0.2, -0.15) is 0 Å². The van der Waals surface area contributed by atoms with E-state index in [0.717, 1.165) is 31.9 Å². The molecule has 1 aliphatic heterocycles. The molecule has 0 bridgehead atoms. The van der Waals surface area contributed by atoms with Gasteiger partial charge in [0.1, 0.15) is 12.5 Å². The minimum atomic E-state index is 0.700. The molecule has 14 heavy (non-hydrogen) atoms. The summed E-state index contributed by atoms with van der Waals surface area (Å²) in [5, 5.41) is 3.32. The highest BCUT2D eigenvalue weighted by Gasteiger charge is 2.08. The van der Waals surface area contributed by atoms with Crippen molar-refractivity contribution < 1.29 is 4.74 Å². The van der Waals surface area contributed by atoms with Gasteiger partial charge in [0.05, 0.1) is 0 Å². The molecular formula is C11H16N2O. The van der Waals surface area contributed by atoms with E-state index in [4.69, 9.17) is 4.74 Å². The molecule has 1 aromatic rings. The molecule has 1 fully saturated rings. The molecule has 1 heterocycles. The van der Waals surface area contributed by atoms with E-state index in [0.29, 0.717) is 6.73 Å². The second-order valence-electron chi connectivity index (χ2n) is 3.45. The standard InChI is InChI=1S/C11H16N2O/c1-2-4-11(5-3-1)14-10-13-8-6-12-7-9-13/h1-5,12H,6-10H2. The van der Waals surface area contributed by atoms with Gasteiger partial charge in [0, 0.05) is 26.2 Å². The Kier molecular flexibility index (Phi) is 3.38. The number of para-hydroxylation sites is 1. The van der Waals surface area contributed by atoms with Crippen LogP contribution in [0.3, 0.4) is 0 Å². The number of ether oxygens (including phenoxy) is 1. The van der Waals surface area contributed by atoms with Crippen molar-refractivity contribution in [1.29, 1.82) is 0 Å². The van der Waals surface area contributed by atoms with Crippen molar-refractivity contribution in [2.75, 3.05) is 32.9 Å². The lowest BCUT2D eigenvalue weighted by molar-refractivity contribution is 0.113. The predicted molar refractivity (Wildman–Crippen MR) is 56.4 cm³/mol. The number of benzene rings is 1. The van der Waals surface area contributed by atoms with Gasteiger partial charge in [-0.25, -0.2) is 0 Å². The Bertz CT molecular complexity index is 257. The predicted octanol–water partition coefficient (Wildman–Crippen LogP) is 0.928. The summed E-state index contributed by atoms with van der Waals surface area (Å²) in [6.07, 6.45) is 0. The Balaban J connectivity index is 1.76. The normalized spacial score (nSPS) is 18.0. The van der Waals surface area contributed by atoms with Gasteiger partial charge in [-0.3, -0.25) is 4.90 Å². The number of hydrogen-bond acceptors (Lipinski definition) is 3. The third kappa shape index (κ3) is 2.72. The molecule has 0 aliphatic carbocycles. The summed E-state index contributed by atoms with van der Waals surface area (Å²) in [5.41, 5.74) is 0. The summed E-state index contributed by atoms with van der Waals surface area (Å²) < 4.78 is 5.64. The fourth-order valence-electron chi connectivity index (χ4n) is 1.52. The largest absolute Gasteiger partial charge is 0.478 e. The van der Waals surface area contributed by atoms with Crippen molar-refractivity contribution in [1.82, 2.24) is 10.2 Å². The molecule has 0 radical (unpaired) electrons. The third-order valence-corrected chi connectivity index (χ3v) is 2.37. The molecule has 3 nitrogen and oxygen atoms in total. The molecule has 1 aliphatic rings. The molecule has 76 valence electrons. The van der Waals surface area contributed by atoms with E-state index >= 15 is 0 Å². The molecule has 1 aromatic carbocycles. The number of rotatable bonds is 3. The average Bonchev–Trinajstić information content (AvgIpc) is 2.29. The topological polar surface area (TPSA) is 24.5 Å². The lowest BCUT2D eigenvalue weighted by atomic mass is 10.3. The highest BCUT2D eigenvalue weighted by Crippen LogP contribution is 2.08. The maximum atomic E-state index is 5.64. The van der Waals surface area contributed by atoms with Crippen LogP contribution in [-0.2, 0) is 0 Å². The zero-order valence-electron chi connectivity index (χ0n) is 8.28. The van der Waals surface area contributed by atoms with Gasteiger partial charge in [0.15, 0.2) is 0 Å². The number of piperazine rings is 1. The lowest BCUT2D eigenvalue weighted by Gasteiger charge is -2.26. The van der Waals surface area contributed by atoms with Crippen molar-refractivity contribution in [2.45, 2.75) is 0 Å². The van der Waals surface area contributed by atoms with Crippen LogP contribution in [-0.4, -0.2) is 37.8 Å². The maximum absolute atomic E-state index is 5.64. The van der Waals surface area contributed by atoms with Crippen molar-refractivity contribution in [3.05, 3.63) is 30.3 Å². The molecular weight excluding hydrogens is 176 g/mol. The van der Waals surface area contributed by atoms with Gasteiger partial charge in [0.2, 0.25) is 0 Å². The Hall–Kier alpha value is -1.06. The van der Waals surface area contributed by atoms with E-state index in [1.807, 2.05) is 30.3 Å². The molecule has 2 rings (SSSR count). The first-order valence-electron chi connectivity index (χ1n) is 5.06. The van der Waals surface area contributed by atoms with Gasteiger partial charge in [0.25, 0.3) is 0 Å². The SMILES string of the molecule is c1ccc(OCN2CCNCC2)cc1. The average molecular weight is 192 g/mol. The minimum absolute atomic E-state index is 0.700. The first kappa shape index (κ1) is 9.49. The van der Waals surface area contributed by atoms with Crippen LogP contribution in [0.5, 0.6) is 5.75 Å². The van der Waals surface area contributed by atoms with Crippen molar-refractivity contribution in [3.8, 4) is 5.75 Å². The fraction of sp³-hybridized carbons (Fsp3) is 0.455. The second-order valence-corrected chi connectivity index (χ2v) is 3.45. The number of hydrogen-bond donors (Lipinski definition) is 1. The highest BCUT2D eigenvalue weighted by molar-refractivity contribution is 5.20. The number of nitrogens with zero attached hydrogens (tertiary/aromatic N) is 1. The molecule has 1 saturated heterocycles. The monoisotopic (exact) mass is 192 g/mol. The second kappa shape index (κ2) is 4.98. The van der Waals surface area contributed by atoms with E-state index < -0.39 is 0 Å². The van der Waals surface area contributed by atoms with E-state index in [1.54, 1.807) is 0 Å². The summed E-state index contributed by atoms with van der Waals surface area (Å²) in [6.45, 7) is 4.99. The molecule has 0 unspecified atom stereocenters. The summed E-state index contributed by atoms with van der Waals surface area (Å²) in [4.78, 5) is 2.31. The molecule has 0 aromatic heterocycles. The highest BCUT2D eigenvalue weighted by atomic mass is 16.5. The zero-order chi connectivity index (χ0) is 9.64. The van der Waals surface area contributed by atoms with Crippen LogP contribution in [0, 0.1) is 0 Å². The smallest absolute Gasteiger partial charge is 0.142 e. The van der Waals surface area contributed by atoms with E-state index in [-0.39, 0.29) is 0 Å². The van der Waals surface area contributed by atoms with Gasteiger partial charge in [-0.15, -0.1) is 0 Å². The summed E-state index contributed by atoms with van der Waals surface area (Å²) >= 11 is 0. The first-order valence-corrected chi connectivity index (χ1v) is 5.06. The number of nitrogens with one attached hydrogen (secondary N) is 1. The van der Waals surface area contributed by atoms with Crippen LogP contribution in [0.25, 0.3) is 0 Å². The summed E-state index contributed by atoms with van der Waals surface area (Å²) in [5.74, 6) is 0.950. The Morgan fingerprint density at radius 3 is 2.57 bits per heavy atom. The Morgan fingerprint density at radius 1 is 1.14 bits per heavy atom. The van der Waals surface area contributed by atoms with Crippen molar-refractivity contribution in [2.24, 2.45) is 0 Å². The van der Waals surface area contributed by atoms with Crippen LogP contribution in [0.2, 0.25) is 0 Å². The van der Waals surface area contributed by atoms with E-state index in [2.05, 4.69) is 10.2 Å². The maximum Gasteiger partial charge on any atom is 0.142 e. The molecule has 0 spiro atoms. The molecule has 1 N–H and O–H groups in total. The lowest BCUT2D eigenvalue weighted by Crippen LogP contribution is -2.44. The van der Waals surface area contributed by atoms with Crippen LogP contribution in [0.15, 0.2) is 30.3 Å². The van der Waals surface area contributed by atoms with Gasteiger partial charge in [-0.1, -0.05) is 18.2 Å². The van der Waals surface area contributed by atoms with Crippen LogP contribution >= 0.6 is 0 Å². The molecule has 0 atom stereocenters. The Labute approximate surface area is 84.7 Å². The fourth-order valence-corrected chi connectivity index (χ4v) is 1.52. The Morgan fingerprint density at radius 2 is 1.86 bits per heavy atom. The van der Waals surface area contributed by atoms with Gasteiger partial charge < -0.3 is 10.1 Å². The van der Waals surface area contributed by atoms with Crippen molar-refractivity contribution >= 4 is 0 Å². The first-order chi connectivity index (χ1) is 6.95. The minimum Gasteiger partial charge on any atom is -0.478 e. The van der Waals surface area contributed by atoms with Crippen LogP contribution in [0.4, 0.5) is 0 Å². The molecule has 0 amide bonds. The molecule has 0 saturated carbocycles. The summed E-state index contributed by atoms with van der Waals surface area (Å²) in [7, 11) is 0. The van der Waals surface area contributed by atoms with Crippen LogP contribution in [0.1, 0.15) is 0 Å². The summed E-state index contributed by atoms with van der Waals surface area (Å²) in [6, 6.07) is 9.96. The van der Waals surface area contributed by atoms with Crippen molar-refractivity contribution in [3.63, 3.8) is 0 Å². The quantitative estimate of drug-likeness (QED) is 0.771. The van der Waals surface area contributed by atoms with Gasteiger partial charge in [-0.05, 0) is 12.1 Å². The molecule has 3 heteroatoms. The van der Waals surface area contributed by atoms with Crippen LogP contribution < -0.4 is 10.1 Å². The van der Waals surface area contributed by atoms with Gasteiger partial charge >= 0.3 is 0 Å². The van der Waals surface area contributed by atoms with E-state index in [9.17, 15) is 0 Å². The third-order valence-electron chi connectivity index (χ3n) is 2.37. The van der Waals surface area contributed by atoms with E-state index in [1.165, 1.54) is 0 Å².